The first-order valence-corrected chi connectivity index (χ1v) is 6.69. The molecule has 3 heteroatoms. The summed E-state index contributed by atoms with van der Waals surface area (Å²) in [4.78, 5) is 0. The Balaban J connectivity index is 2.25. The lowest BCUT2D eigenvalue weighted by molar-refractivity contribution is 0.169. The highest BCUT2D eigenvalue weighted by molar-refractivity contribution is 7.17. The molecule has 0 saturated carbocycles. The average molecular weight is 249 g/mol. The molecule has 0 aliphatic carbocycles. The van der Waals surface area contributed by atoms with Crippen LogP contribution in [0.3, 0.4) is 0 Å². The van der Waals surface area contributed by atoms with Gasteiger partial charge in [0.05, 0.1) is 6.73 Å². The molecule has 1 aromatic heterocycles. The molecule has 0 bridgehead atoms. The molecule has 1 heterocycles. The second-order valence-corrected chi connectivity index (χ2v) is 5.80. The molecule has 2 nitrogen and oxygen atoms in total. The molecule has 0 fully saturated rings. The molecule has 17 heavy (non-hydrogen) atoms. The lowest BCUT2D eigenvalue weighted by Crippen LogP contribution is -2.33. The van der Waals surface area contributed by atoms with Crippen molar-refractivity contribution in [1.82, 2.24) is 5.32 Å². The van der Waals surface area contributed by atoms with Crippen molar-refractivity contribution in [2.45, 2.75) is 19.3 Å². The van der Waals surface area contributed by atoms with Gasteiger partial charge in [-0.05, 0) is 22.4 Å². The first-order valence-electron chi connectivity index (χ1n) is 5.81. The fraction of sp³-hybridized carbons (Fsp3) is 0.429. The van der Waals surface area contributed by atoms with Gasteiger partial charge in [0.15, 0.2) is 0 Å². The Kier molecular flexibility index (Phi) is 3.82. The molecule has 2 aromatic rings. The Labute approximate surface area is 107 Å². The SMILES string of the molecule is COCNCC(C)(C)c1csc2ccccc12. The van der Waals surface area contributed by atoms with Crippen molar-refractivity contribution >= 4 is 21.4 Å². The van der Waals surface area contributed by atoms with Crippen LogP contribution in [0.4, 0.5) is 0 Å². The lowest BCUT2D eigenvalue weighted by Gasteiger charge is -2.25. The molecular weight excluding hydrogens is 230 g/mol. The van der Waals surface area contributed by atoms with Crippen molar-refractivity contribution in [3.63, 3.8) is 0 Å². The highest BCUT2D eigenvalue weighted by atomic mass is 32.1. The van der Waals surface area contributed by atoms with Gasteiger partial charge in [0.1, 0.15) is 0 Å². The highest BCUT2D eigenvalue weighted by Crippen LogP contribution is 2.34. The van der Waals surface area contributed by atoms with E-state index in [2.05, 4.69) is 48.8 Å². The van der Waals surface area contributed by atoms with Crippen molar-refractivity contribution in [3.8, 4) is 0 Å². The van der Waals surface area contributed by atoms with Crippen LogP contribution in [-0.4, -0.2) is 20.4 Å². The van der Waals surface area contributed by atoms with Crippen molar-refractivity contribution in [2.24, 2.45) is 0 Å². The van der Waals surface area contributed by atoms with E-state index in [1.165, 1.54) is 15.6 Å². The second kappa shape index (κ2) is 5.17. The van der Waals surface area contributed by atoms with E-state index in [-0.39, 0.29) is 5.41 Å². The smallest absolute Gasteiger partial charge is 0.0961 e. The van der Waals surface area contributed by atoms with Gasteiger partial charge in [0, 0.05) is 23.8 Å². The summed E-state index contributed by atoms with van der Waals surface area (Å²) in [6.07, 6.45) is 0. The molecule has 0 atom stereocenters. The number of ether oxygens (including phenoxy) is 1. The van der Waals surface area contributed by atoms with Crippen molar-refractivity contribution in [2.75, 3.05) is 20.4 Å². The summed E-state index contributed by atoms with van der Waals surface area (Å²) >= 11 is 1.82. The minimum absolute atomic E-state index is 0.123. The van der Waals surface area contributed by atoms with Crippen molar-refractivity contribution in [1.29, 1.82) is 0 Å². The van der Waals surface area contributed by atoms with Gasteiger partial charge in [-0.15, -0.1) is 11.3 Å². The van der Waals surface area contributed by atoms with Crippen LogP contribution in [0.15, 0.2) is 29.6 Å². The molecule has 2 rings (SSSR count). The van der Waals surface area contributed by atoms with Crippen LogP contribution >= 0.6 is 11.3 Å². The van der Waals surface area contributed by atoms with Crippen molar-refractivity contribution < 1.29 is 4.74 Å². The first kappa shape index (κ1) is 12.6. The molecule has 0 unspecified atom stereocenters. The summed E-state index contributed by atoms with van der Waals surface area (Å²) in [6.45, 7) is 6.06. The minimum Gasteiger partial charge on any atom is -0.370 e. The Morgan fingerprint density at radius 3 is 2.82 bits per heavy atom. The van der Waals surface area contributed by atoms with Gasteiger partial charge in [0.25, 0.3) is 0 Å². The lowest BCUT2D eigenvalue weighted by atomic mass is 9.84. The van der Waals surface area contributed by atoms with Gasteiger partial charge in [0.2, 0.25) is 0 Å². The van der Waals surface area contributed by atoms with E-state index in [1.807, 2.05) is 11.3 Å². The summed E-state index contributed by atoms with van der Waals surface area (Å²) in [5.74, 6) is 0. The van der Waals surface area contributed by atoms with Gasteiger partial charge < -0.3 is 4.74 Å². The number of nitrogens with one attached hydrogen (secondary N) is 1. The summed E-state index contributed by atoms with van der Waals surface area (Å²) in [5.41, 5.74) is 1.54. The summed E-state index contributed by atoms with van der Waals surface area (Å²) in [7, 11) is 1.71. The third-order valence-electron chi connectivity index (χ3n) is 3.02. The summed E-state index contributed by atoms with van der Waals surface area (Å²) < 4.78 is 6.40. The molecule has 0 saturated heterocycles. The molecule has 92 valence electrons. The van der Waals surface area contributed by atoms with Crippen LogP contribution in [0, 0.1) is 0 Å². The predicted octanol–water partition coefficient (Wildman–Crippen LogP) is 3.37. The maximum absolute atomic E-state index is 5.03. The number of hydrogen-bond donors (Lipinski definition) is 1. The van der Waals surface area contributed by atoms with Gasteiger partial charge >= 0.3 is 0 Å². The summed E-state index contributed by atoms with van der Waals surface area (Å²) in [6, 6.07) is 8.59. The molecule has 1 N–H and O–H groups in total. The molecule has 0 spiro atoms. The number of methoxy groups -OCH3 is 1. The molecular formula is C14H19NOS. The minimum atomic E-state index is 0.123. The van der Waals surface area contributed by atoms with Gasteiger partial charge in [-0.3, -0.25) is 5.32 Å². The number of fused-ring (bicyclic) bond motifs is 1. The van der Waals surface area contributed by atoms with Crippen LogP contribution in [0.2, 0.25) is 0 Å². The number of thiophene rings is 1. The largest absolute Gasteiger partial charge is 0.370 e. The van der Waals surface area contributed by atoms with Gasteiger partial charge in [-0.25, -0.2) is 0 Å². The van der Waals surface area contributed by atoms with Crippen LogP contribution in [0.5, 0.6) is 0 Å². The van der Waals surface area contributed by atoms with Gasteiger partial charge in [-0.1, -0.05) is 32.0 Å². The van der Waals surface area contributed by atoms with E-state index >= 15 is 0 Å². The zero-order chi connectivity index (χ0) is 12.3. The van der Waals surface area contributed by atoms with Crippen molar-refractivity contribution in [3.05, 3.63) is 35.2 Å². The van der Waals surface area contributed by atoms with Crippen LogP contribution in [0.25, 0.3) is 10.1 Å². The monoisotopic (exact) mass is 249 g/mol. The Morgan fingerprint density at radius 1 is 1.29 bits per heavy atom. The average Bonchev–Trinajstić information content (AvgIpc) is 2.73. The molecule has 0 aliphatic rings. The topological polar surface area (TPSA) is 21.3 Å². The zero-order valence-corrected chi connectivity index (χ0v) is 11.4. The fourth-order valence-corrected chi connectivity index (χ4v) is 3.22. The normalized spacial score (nSPS) is 12.2. The molecule has 1 aromatic carbocycles. The second-order valence-electron chi connectivity index (χ2n) is 4.89. The molecule has 0 radical (unpaired) electrons. The third-order valence-corrected chi connectivity index (χ3v) is 3.99. The van der Waals surface area contributed by atoms with E-state index in [1.54, 1.807) is 7.11 Å². The van der Waals surface area contributed by atoms with Crippen LogP contribution < -0.4 is 5.32 Å². The van der Waals surface area contributed by atoms with Crippen LogP contribution in [0.1, 0.15) is 19.4 Å². The van der Waals surface area contributed by atoms with E-state index in [4.69, 9.17) is 4.74 Å². The van der Waals surface area contributed by atoms with E-state index < -0.39 is 0 Å². The number of benzene rings is 1. The highest BCUT2D eigenvalue weighted by Gasteiger charge is 2.23. The van der Waals surface area contributed by atoms with Gasteiger partial charge in [-0.2, -0.15) is 0 Å². The van der Waals surface area contributed by atoms with E-state index in [9.17, 15) is 0 Å². The van der Waals surface area contributed by atoms with E-state index in [0.717, 1.165) is 6.54 Å². The van der Waals surface area contributed by atoms with E-state index in [0.29, 0.717) is 6.73 Å². The maximum Gasteiger partial charge on any atom is 0.0961 e. The maximum atomic E-state index is 5.03. The third kappa shape index (κ3) is 2.68. The summed E-state index contributed by atoms with van der Waals surface area (Å²) in [5, 5.41) is 6.96. The molecule has 0 amide bonds. The Hall–Kier alpha value is -0.900. The number of hydrogen-bond acceptors (Lipinski definition) is 3. The standard InChI is InChI=1S/C14H19NOS/c1-14(2,9-15-10-16-3)12-8-17-13-7-5-4-6-11(12)13/h4-8,15H,9-10H2,1-3H3. The van der Waals surface area contributed by atoms with Crippen LogP contribution in [-0.2, 0) is 10.2 Å². The first-order chi connectivity index (χ1) is 8.15. The fourth-order valence-electron chi connectivity index (χ4n) is 2.06. The predicted molar refractivity (Wildman–Crippen MR) is 74.7 cm³/mol. The zero-order valence-electron chi connectivity index (χ0n) is 10.6. The Morgan fingerprint density at radius 2 is 2.06 bits per heavy atom. The Bertz CT molecular complexity index is 490. The number of rotatable bonds is 5. The molecule has 0 aliphatic heterocycles. The quantitative estimate of drug-likeness (QED) is 0.648.